The Labute approximate surface area is 294 Å². The zero-order valence-corrected chi connectivity index (χ0v) is 28.1. The van der Waals surface area contributed by atoms with Crippen LogP contribution in [0.3, 0.4) is 0 Å². The van der Waals surface area contributed by atoms with E-state index in [1.54, 1.807) is 0 Å². The summed E-state index contributed by atoms with van der Waals surface area (Å²) in [6.07, 6.45) is 0. The maximum atomic E-state index is 2.47. The third-order valence-corrected chi connectivity index (χ3v) is 11.2. The molecule has 50 heavy (non-hydrogen) atoms. The van der Waals surface area contributed by atoms with Gasteiger partial charge >= 0.3 is 0 Å². The maximum Gasteiger partial charge on any atom is 0.0555 e. The van der Waals surface area contributed by atoms with E-state index < -0.39 is 0 Å². The number of benzene rings is 9. The molecular weight excluding hydrogens is 623 g/mol. The van der Waals surface area contributed by atoms with Crippen LogP contribution in [0.2, 0.25) is 0 Å². The molecule has 0 aliphatic heterocycles. The zero-order valence-electron chi connectivity index (χ0n) is 27.3. The predicted molar refractivity (Wildman–Crippen MR) is 217 cm³/mol. The van der Waals surface area contributed by atoms with Gasteiger partial charge in [0.15, 0.2) is 0 Å². The highest BCUT2D eigenvalue weighted by Gasteiger charge is 2.22. The largest absolute Gasteiger partial charge is 0.309 e. The van der Waals surface area contributed by atoms with Crippen LogP contribution < -0.4 is 4.90 Å². The quantitative estimate of drug-likeness (QED) is 0.179. The van der Waals surface area contributed by atoms with E-state index in [2.05, 4.69) is 193 Å². The molecule has 10 rings (SSSR count). The first kappa shape index (κ1) is 28.8. The van der Waals surface area contributed by atoms with Gasteiger partial charge in [0.25, 0.3) is 0 Å². The lowest BCUT2D eigenvalue weighted by molar-refractivity contribution is 1.32. The van der Waals surface area contributed by atoms with E-state index in [4.69, 9.17) is 0 Å². The number of anilines is 3. The average molecular weight is 654 g/mol. The van der Waals surface area contributed by atoms with Gasteiger partial charge in [0.2, 0.25) is 0 Å². The van der Waals surface area contributed by atoms with Gasteiger partial charge in [0.05, 0.1) is 11.4 Å². The van der Waals surface area contributed by atoms with Crippen LogP contribution in [0.5, 0.6) is 0 Å². The number of fused-ring (bicyclic) bond motifs is 6. The van der Waals surface area contributed by atoms with Crippen LogP contribution >= 0.6 is 11.3 Å². The Bertz CT molecular complexity index is 2870. The first-order chi connectivity index (χ1) is 24.8. The molecule has 1 aromatic heterocycles. The highest BCUT2D eigenvalue weighted by molar-refractivity contribution is 7.26. The average Bonchev–Trinajstić information content (AvgIpc) is 3.58. The fourth-order valence-electron chi connectivity index (χ4n) is 7.56. The summed E-state index contributed by atoms with van der Waals surface area (Å²) in [6, 6.07) is 68.8. The Kier molecular flexibility index (Phi) is 6.75. The molecule has 234 valence electrons. The molecule has 1 nitrogen and oxygen atoms in total. The van der Waals surface area contributed by atoms with E-state index in [1.807, 2.05) is 11.3 Å². The minimum Gasteiger partial charge on any atom is -0.309 e. The standard InChI is InChI=1S/C48H31NS/c1-3-13-36-30-38(22-20-32(36)10-1)34-24-26-40(27-25-34)49(44-18-9-15-35-12-5-6-16-41(35)44)45-29-28-42(39-23-21-33-11-2-4-14-37(33)31-39)48-47(45)43-17-7-8-19-46(43)50-48/h1-31H. The van der Waals surface area contributed by atoms with Crippen LogP contribution in [-0.2, 0) is 0 Å². The summed E-state index contributed by atoms with van der Waals surface area (Å²) < 4.78 is 2.60. The van der Waals surface area contributed by atoms with E-state index >= 15 is 0 Å². The molecule has 9 aromatic carbocycles. The molecule has 10 aromatic rings. The van der Waals surface area contributed by atoms with Crippen molar-refractivity contribution in [2.45, 2.75) is 0 Å². The van der Waals surface area contributed by atoms with Gasteiger partial charge in [-0.25, -0.2) is 0 Å². The monoisotopic (exact) mass is 653 g/mol. The molecule has 0 atom stereocenters. The summed E-state index contributed by atoms with van der Waals surface area (Å²) in [7, 11) is 0. The molecule has 2 heteroatoms. The SMILES string of the molecule is c1ccc2cc(-c3ccc(N(c4cccc5ccccc45)c4ccc(-c5ccc6ccccc6c5)c5sc6ccccc6c45)cc3)ccc2c1. The fourth-order valence-corrected chi connectivity index (χ4v) is 8.82. The molecule has 0 spiro atoms. The summed E-state index contributed by atoms with van der Waals surface area (Å²) >= 11 is 1.89. The Morgan fingerprint density at radius 2 is 0.940 bits per heavy atom. The van der Waals surface area contributed by atoms with Gasteiger partial charge in [-0.15, -0.1) is 11.3 Å². The smallest absolute Gasteiger partial charge is 0.0555 e. The first-order valence-corrected chi connectivity index (χ1v) is 17.9. The third kappa shape index (κ3) is 4.76. The van der Waals surface area contributed by atoms with Gasteiger partial charge in [-0.1, -0.05) is 146 Å². The second-order valence-corrected chi connectivity index (χ2v) is 14.0. The molecule has 0 fully saturated rings. The molecule has 0 amide bonds. The van der Waals surface area contributed by atoms with Gasteiger partial charge in [-0.05, 0) is 91.6 Å². The Morgan fingerprint density at radius 3 is 1.70 bits per heavy atom. The van der Waals surface area contributed by atoms with Crippen LogP contribution in [-0.4, -0.2) is 0 Å². The number of thiophene rings is 1. The maximum absolute atomic E-state index is 2.47. The lowest BCUT2D eigenvalue weighted by Crippen LogP contribution is -2.11. The molecule has 1 heterocycles. The number of hydrogen-bond donors (Lipinski definition) is 0. The molecular formula is C48H31NS. The van der Waals surface area contributed by atoms with Crippen molar-refractivity contribution in [3.8, 4) is 22.3 Å². The van der Waals surface area contributed by atoms with E-state index in [9.17, 15) is 0 Å². The highest BCUT2D eigenvalue weighted by Crippen LogP contribution is 2.49. The van der Waals surface area contributed by atoms with Crippen molar-refractivity contribution in [1.29, 1.82) is 0 Å². The lowest BCUT2D eigenvalue weighted by atomic mass is 9.97. The fraction of sp³-hybridized carbons (Fsp3) is 0. The second-order valence-electron chi connectivity index (χ2n) is 12.9. The van der Waals surface area contributed by atoms with Gasteiger partial charge < -0.3 is 4.90 Å². The van der Waals surface area contributed by atoms with Crippen LogP contribution in [0, 0.1) is 0 Å². The summed E-state index contributed by atoms with van der Waals surface area (Å²) in [5, 5.41) is 10.0. The number of rotatable bonds is 5. The molecule has 0 aliphatic rings. The van der Waals surface area contributed by atoms with Gasteiger partial charge in [0, 0.05) is 31.2 Å². The van der Waals surface area contributed by atoms with Crippen molar-refractivity contribution in [1.82, 2.24) is 0 Å². The summed E-state index contributed by atoms with van der Waals surface area (Å²) in [5.41, 5.74) is 8.39. The van der Waals surface area contributed by atoms with Crippen LogP contribution in [0.15, 0.2) is 188 Å². The molecule has 0 bridgehead atoms. The van der Waals surface area contributed by atoms with Crippen molar-refractivity contribution < 1.29 is 0 Å². The molecule has 0 saturated carbocycles. The van der Waals surface area contributed by atoms with Crippen LogP contribution in [0.1, 0.15) is 0 Å². The van der Waals surface area contributed by atoms with E-state index in [0.717, 1.165) is 11.4 Å². The minimum absolute atomic E-state index is 1.13. The number of nitrogens with zero attached hydrogens (tertiary/aromatic N) is 1. The molecule has 0 aliphatic carbocycles. The highest BCUT2D eigenvalue weighted by atomic mass is 32.1. The van der Waals surface area contributed by atoms with E-state index in [0.29, 0.717) is 0 Å². The Hall–Kier alpha value is -6.22. The van der Waals surface area contributed by atoms with E-state index in [-0.39, 0.29) is 0 Å². The van der Waals surface area contributed by atoms with Crippen LogP contribution in [0.4, 0.5) is 17.1 Å². The summed E-state index contributed by atoms with van der Waals surface area (Å²) in [5.74, 6) is 0. The predicted octanol–water partition coefficient (Wildman–Crippen LogP) is 14.3. The second kappa shape index (κ2) is 11.7. The lowest BCUT2D eigenvalue weighted by Gasteiger charge is -2.28. The normalized spacial score (nSPS) is 11.6. The molecule has 0 saturated heterocycles. The van der Waals surface area contributed by atoms with Crippen molar-refractivity contribution >= 4 is 80.9 Å². The van der Waals surface area contributed by atoms with Crippen molar-refractivity contribution in [2.75, 3.05) is 4.90 Å². The summed E-state index contributed by atoms with van der Waals surface area (Å²) in [6.45, 7) is 0. The Morgan fingerprint density at radius 1 is 0.360 bits per heavy atom. The van der Waals surface area contributed by atoms with Gasteiger partial charge in [0.1, 0.15) is 0 Å². The van der Waals surface area contributed by atoms with E-state index in [1.165, 1.54) is 80.4 Å². The van der Waals surface area contributed by atoms with Gasteiger partial charge in [-0.3, -0.25) is 0 Å². The first-order valence-electron chi connectivity index (χ1n) is 17.1. The molecule has 0 radical (unpaired) electrons. The zero-order chi connectivity index (χ0) is 33.0. The third-order valence-electron chi connectivity index (χ3n) is 10.0. The summed E-state index contributed by atoms with van der Waals surface area (Å²) in [4.78, 5) is 2.47. The molecule has 0 unspecified atom stereocenters. The molecule has 0 N–H and O–H groups in total. The Balaban J connectivity index is 1.21. The van der Waals surface area contributed by atoms with Crippen LogP contribution in [0.25, 0.3) is 74.7 Å². The topological polar surface area (TPSA) is 3.24 Å². The van der Waals surface area contributed by atoms with Crippen molar-refractivity contribution in [3.63, 3.8) is 0 Å². The van der Waals surface area contributed by atoms with Crippen molar-refractivity contribution in [2.24, 2.45) is 0 Å². The number of hydrogen-bond acceptors (Lipinski definition) is 2. The van der Waals surface area contributed by atoms with Crippen molar-refractivity contribution in [3.05, 3.63) is 188 Å². The van der Waals surface area contributed by atoms with Gasteiger partial charge in [-0.2, -0.15) is 0 Å². The minimum atomic E-state index is 1.13.